The summed E-state index contributed by atoms with van der Waals surface area (Å²) in [6, 6.07) is 4.68. The normalized spacial score (nSPS) is 11.7. The number of carbonyl (C=O) groups is 2. The van der Waals surface area contributed by atoms with Crippen molar-refractivity contribution < 1.29 is 19.8 Å². The van der Waals surface area contributed by atoms with Crippen molar-refractivity contribution in [1.29, 1.82) is 0 Å². The molecule has 0 saturated heterocycles. The highest BCUT2D eigenvalue weighted by molar-refractivity contribution is 5.82. The van der Waals surface area contributed by atoms with Crippen LogP contribution in [0.1, 0.15) is 12.0 Å². The summed E-state index contributed by atoms with van der Waals surface area (Å²) < 4.78 is 0. The Balaban J connectivity index is 2.48. The highest BCUT2D eigenvalue weighted by Crippen LogP contribution is 2.11. The molecular formula is C14H21N3O4. The van der Waals surface area contributed by atoms with Gasteiger partial charge in [0.05, 0.1) is 0 Å². The summed E-state index contributed by atoms with van der Waals surface area (Å²) in [5.74, 6) is -0.991. The van der Waals surface area contributed by atoms with Gasteiger partial charge in [-0.05, 0) is 37.7 Å². The molecule has 5 N–H and O–H groups in total. The average molecular weight is 295 g/mol. The molecule has 0 spiro atoms. The number of hydrogen-bond acceptors (Lipinski definition) is 4. The Morgan fingerprint density at radius 3 is 2.43 bits per heavy atom. The monoisotopic (exact) mass is 295 g/mol. The lowest BCUT2D eigenvalue weighted by Crippen LogP contribution is -2.47. The number of phenolic OH excluding ortho intramolecular Hbond substituents is 1. The standard InChI is InChI=1S/C14H21N3O4/c1-15-7-2-8-16-14(21)17-12(13(19)20)9-10-3-5-11(18)6-4-10/h3-6,12,15,18H,2,7-9H2,1H3,(H,19,20)(H2,16,17,21)/t12-/m0/s1. The van der Waals surface area contributed by atoms with Crippen LogP contribution in [0.3, 0.4) is 0 Å². The average Bonchev–Trinajstić information content (AvgIpc) is 2.45. The zero-order valence-electron chi connectivity index (χ0n) is 11.9. The van der Waals surface area contributed by atoms with Crippen molar-refractivity contribution in [2.45, 2.75) is 18.9 Å². The Hall–Kier alpha value is -2.28. The first-order valence-electron chi connectivity index (χ1n) is 6.72. The summed E-state index contributed by atoms with van der Waals surface area (Å²) in [4.78, 5) is 22.8. The van der Waals surface area contributed by atoms with Gasteiger partial charge in [-0.15, -0.1) is 0 Å². The van der Waals surface area contributed by atoms with Gasteiger partial charge in [0, 0.05) is 13.0 Å². The van der Waals surface area contributed by atoms with E-state index >= 15 is 0 Å². The molecule has 1 atom stereocenters. The van der Waals surface area contributed by atoms with Crippen LogP contribution in [0, 0.1) is 0 Å². The van der Waals surface area contributed by atoms with Crippen LogP contribution in [-0.4, -0.2) is 48.4 Å². The number of aromatic hydroxyl groups is 1. The zero-order valence-corrected chi connectivity index (χ0v) is 11.9. The van der Waals surface area contributed by atoms with Gasteiger partial charge in [-0.25, -0.2) is 9.59 Å². The highest BCUT2D eigenvalue weighted by Gasteiger charge is 2.20. The first-order chi connectivity index (χ1) is 10.0. The third-order valence-electron chi connectivity index (χ3n) is 2.87. The van der Waals surface area contributed by atoms with Gasteiger partial charge in [0.1, 0.15) is 11.8 Å². The van der Waals surface area contributed by atoms with E-state index in [4.69, 9.17) is 5.11 Å². The van der Waals surface area contributed by atoms with Gasteiger partial charge in [0.25, 0.3) is 0 Å². The van der Waals surface area contributed by atoms with Crippen LogP contribution >= 0.6 is 0 Å². The predicted molar refractivity (Wildman–Crippen MR) is 78.3 cm³/mol. The first kappa shape index (κ1) is 16.8. The number of carboxylic acid groups (broad SMARTS) is 1. The molecule has 1 aromatic carbocycles. The number of benzene rings is 1. The van der Waals surface area contributed by atoms with Gasteiger partial charge in [-0.2, -0.15) is 0 Å². The van der Waals surface area contributed by atoms with E-state index in [1.165, 1.54) is 12.1 Å². The van der Waals surface area contributed by atoms with Gasteiger partial charge in [-0.1, -0.05) is 12.1 Å². The lowest BCUT2D eigenvalue weighted by atomic mass is 10.1. The minimum absolute atomic E-state index is 0.112. The number of phenols is 1. The van der Waals surface area contributed by atoms with E-state index in [-0.39, 0.29) is 12.2 Å². The molecule has 0 bridgehead atoms. The second kappa shape index (κ2) is 8.80. The Morgan fingerprint density at radius 2 is 1.86 bits per heavy atom. The lowest BCUT2D eigenvalue weighted by molar-refractivity contribution is -0.139. The van der Waals surface area contributed by atoms with E-state index in [0.717, 1.165) is 18.5 Å². The Morgan fingerprint density at radius 1 is 1.19 bits per heavy atom. The summed E-state index contributed by atoms with van der Waals surface area (Å²) >= 11 is 0. The van der Waals surface area contributed by atoms with Crippen molar-refractivity contribution in [1.82, 2.24) is 16.0 Å². The predicted octanol–water partition coefficient (Wildman–Crippen LogP) is 0.297. The van der Waals surface area contributed by atoms with E-state index in [0.29, 0.717) is 6.54 Å². The second-order valence-electron chi connectivity index (χ2n) is 4.62. The molecule has 21 heavy (non-hydrogen) atoms. The minimum Gasteiger partial charge on any atom is -0.508 e. The molecule has 7 heteroatoms. The molecule has 0 aliphatic heterocycles. The van der Waals surface area contributed by atoms with Gasteiger partial charge >= 0.3 is 12.0 Å². The van der Waals surface area contributed by atoms with E-state index in [1.54, 1.807) is 12.1 Å². The van der Waals surface area contributed by atoms with Crippen LogP contribution < -0.4 is 16.0 Å². The molecule has 1 aromatic rings. The van der Waals surface area contributed by atoms with Crippen molar-refractivity contribution in [2.24, 2.45) is 0 Å². The topological polar surface area (TPSA) is 111 Å². The first-order valence-corrected chi connectivity index (χ1v) is 6.72. The van der Waals surface area contributed by atoms with Crippen LogP contribution in [0.25, 0.3) is 0 Å². The number of nitrogens with one attached hydrogen (secondary N) is 3. The zero-order chi connectivity index (χ0) is 15.7. The number of rotatable bonds is 8. The van der Waals surface area contributed by atoms with Crippen LogP contribution in [0.2, 0.25) is 0 Å². The smallest absolute Gasteiger partial charge is 0.326 e. The number of aliphatic carboxylic acids is 1. The van der Waals surface area contributed by atoms with Crippen molar-refractivity contribution >= 4 is 12.0 Å². The van der Waals surface area contributed by atoms with Crippen LogP contribution in [0.4, 0.5) is 4.79 Å². The Bertz CT molecular complexity index is 462. The summed E-state index contributed by atoms with van der Waals surface area (Å²) in [7, 11) is 1.82. The number of carboxylic acids is 1. The minimum atomic E-state index is -1.10. The SMILES string of the molecule is CNCCCNC(=O)N[C@@H](Cc1ccc(O)cc1)C(=O)O. The summed E-state index contributed by atoms with van der Waals surface area (Å²) in [5, 5.41) is 26.3. The maximum Gasteiger partial charge on any atom is 0.326 e. The summed E-state index contributed by atoms with van der Waals surface area (Å²) in [6.07, 6.45) is 0.916. The third kappa shape index (κ3) is 6.62. The Kier molecular flexibility index (Phi) is 7.03. The summed E-state index contributed by atoms with van der Waals surface area (Å²) in [6.45, 7) is 1.24. The molecule has 116 valence electrons. The highest BCUT2D eigenvalue weighted by atomic mass is 16.4. The fourth-order valence-corrected chi connectivity index (χ4v) is 1.74. The van der Waals surface area contributed by atoms with Crippen molar-refractivity contribution in [2.75, 3.05) is 20.1 Å². The number of urea groups is 1. The molecule has 0 aliphatic carbocycles. The fourth-order valence-electron chi connectivity index (χ4n) is 1.74. The van der Waals surface area contributed by atoms with E-state index in [2.05, 4.69) is 16.0 Å². The molecule has 0 aromatic heterocycles. The van der Waals surface area contributed by atoms with Crippen LogP contribution in [0.15, 0.2) is 24.3 Å². The molecule has 0 saturated carbocycles. The van der Waals surface area contributed by atoms with Gasteiger partial charge in [-0.3, -0.25) is 0 Å². The van der Waals surface area contributed by atoms with Crippen LogP contribution in [0.5, 0.6) is 5.75 Å². The summed E-state index contributed by atoms with van der Waals surface area (Å²) in [5.41, 5.74) is 0.718. The maximum atomic E-state index is 11.6. The van der Waals surface area contributed by atoms with Crippen molar-refractivity contribution in [3.05, 3.63) is 29.8 Å². The van der Waals surface area contributed by atoms with Crippen molar-refractivity contribution in [3.8, 4) is 5.75 Å². The molecule has 0 fully saturated rings. The quantitative estimate of drug-likeness (QED) is 0.443. The molecule has 0 heterocycles. The molecule has 7 nitrogen and oxygen atoms in total. The molecule has 0 aliphatic rings. The lowest BCUT2D eigenvalue weighted by Gasteiger charge is -2.15. The van der Waals surface area contributed by atoms with Crippen LogP contribution in [-0.2, 0) is 11.2 Å². The van der Waals surface area contributed by atoms with Gasteiger partial charge in [0.2, 0.25) is 0 Å². The fraction of sp³-hybridized carbons (Fsp3) is 0.429. The van der Waals surface area contributed by atoms with E-state index < -0.39 is 18.0 Å². The third-order valence-corrected chi connectivity index (χ3v) is 2.87. The van der Waals surface area contributed by atoms with Gasteiger partial charge < -0.3 is 26.2 Å². The van der Waals surface area contributed by atoms with Crippen molar-refractivity contribution in [3.63, 3.8) is 0 Å². The maximum absolute atomic E-state index is 11.6. The van der Waals surface area contributed by atoms with Gasteiger partial charge in [0.15, 0.2) is 0 Å². The molecule has 1 rings (SSSR count). The molecule has 0 unspecified atom stereocenters. The number of hydrogen-bond donors (Lipinski definition) is 5. The van der Waals surface area contributed by atoms with E-state index in [1.807, 2.05) is 7.05 Å². The largest absolute Gasteiger partial charge is 0.508 e. The van der Waals surface area contributed by atoms with E-state index in [9.17, 15) is 14.7 Å². The second-order valence-corrected chi connectivity index (χ2v) is 4.62. The Labute approximate surface area is 123 Å². The molecular weight excluding hydrogens is 274 g/mol. The number of carbonyl (C=O) groups excluding carboxylic acids is 1. The number of amides is 2. The molecule has 0 radical (unpaired) electrons. The molecule has 2 amide bonds.